The van der Waals surface area contributed by atoms with E-state index >= 15 is 0 Å². The first-order valence-corrected chi connectivity index (χ1v) is 15.2. The van der Waals surface area contributed by atoms with Gasteiger partial charge < -0.3 is 0 Å². The zero-order valence-electron chi connectivity index (χ0n) is 19.1. The van der Waals surface area contributed by atoms with Crippen LogP contribution < -0.4 is 5.19 Å². The standard InChI is InChI=1S/C28H38F2Si/c1-2-3-7-18-31(26-8-5-4-6-9-26)19-16-24(17-20-31)22-10-12-23(13-11-22)25-14-15-27(29)28(30)21-25/h4-6,8-9,14-15,21-24H,2-3,7,10-13,16-20H2,1H3/t22?,23?,24-,31-. The summed E-state index contributed by atoms with van der Waals surface area (Å²) in [6.45, 7) is 2.31. The van der Waals surface area contributed by atoms with Gasteiger partial charge in [0.1, 0.15) is 0 Å². The summed E-state index contributed by atoms with van der Waals surface area (Å²) in [6, 6.07) is 20.4. The second-order valence-electron chi connectivity index (χ2n) is 10.2. The Morgan fingerprint density at radius 3 is 2.10 bits per heavy atom. The molecular weight excluding hydrogens is 402 g/mol. The van der Waals surface area contributed by atoms with Crippen molar-refractivity contribution in [2.45, 2.75) is 88.8 Å². The summed E-state index contributed by atoms with van der Waals surface area (Å²) >= 11 is 0. The van der Waals surface area contributed by atoms with Crippen LogP contribution in [0.15, 0.2) is 48.5 Å². The number of unbranched alkanes of at least 4 members (excludes halogenated alkanes) is 2. The highest BCUT2D eigenvalue weighted by Gasteiger charge is 2.40. The molecule has 2 fully saturated rings. The number of benzene rings is 2. The van der Waals surface area contributed by atoms with Gasteiger partial charge in [-0.3, -0.25) is 0 Å². The van der Waals surface area contributed by atoms with Crippen LogP contribution in [0.25, 0.3) is 0 Å². The fourth-order valence-corrected chi connectivity index (χ4v) is 11.8. The van der Waals surface area contributed by atoms with Crippen molar-refractivity contribution in [1.29, 1.82) is 0 Å². The lowest BCUT2D eigenvalue weighted by molar-refractivity contribution is 0.215. The van der Waals surface area contributed by atoms with Gasteiger partial charge in [-0.15, -0.1) is 0 Å². The highest BCUT2D eigenvalue weighted by molar-refractivity contribution is 6.92. The molecule has 168 valence electrons. The predicted octanol–water partition coefficient (Wildman–Crippen LogP) is 8.19. The third kappa shape index (κ3) is 5.30. The Morgan fingerprint density at radius 1 is 0.774 bits per heavy atom. The first kappa shape index (κ1) is 22.7. The Kier molecular flexibility index (Phi) is 7.63. The highest BCUT2D eigenvalue weighted by Crippen LogP contribution is 2.46. The minimum atomic E-state index is -1.36. The molecule has 1 aliphatic heterocycles. The summed E-state index contributed by atoms with van der Waals surface area (Å²) < 4.78 is 26.9. The van der Waals surface area contributed by atoms with Gasteiger partial charge >= 0.3 is 0 Å². The van der Waals surface area contributed by atoms with E-state index in [1.54, 1.807) is 11.3 Å². The van der Waals surface area contributed by atoms with Crippen molar-refractivity contribution in [2.24, 2.45) is 11.8 Å². The average molecular weight is 441 g/mol. The van der Waals surface area contributed by atoms with Crippen LogP contribution in [0, 0.1) is 23.5 Å². The van der Waals surface area contributed by atoms with E-state index in [9.17, 15) is 8.78 Å². The van der Waals surface area contributed by atoms with Crippen molar-refractivity contribution in [2.75, 3.05) is 0 Å². The number of hydrogen-bond acceptors (Lipinski definition) is 0. The molecule has 1 aliphatic carbocycles. The van der Waals surface area contributed by atoms with Gasteiger partial charge in [-0.05, 0) is 61.1 Å². The van der Waals surface area contributed by atoms with Gasteiger partial charge in [-0.25, -0.2) is 8.78 Å². The van der Waals surface area contributed by atoms with Gasteiger partial charge in [0.15, 0.2) is 11.6 Å². The zero-order chi connectivity index (χ0) is 21.7. The third-order valence-corrected chi connectivity index (χ3v) is 13.8. The first-order chi connectivity index (χ1) is 15.1. The van der Waals surface area contributed by atoms with Gasteiger partial charge in [0, 0.05) is 0 Å². The van der Waals surface area contributed by atoms with Crippen LogP contribution in [0.5, 0.6) is 0 Å². The molecule has 1 saturated heterocycles. The molecule has 1 heterocycles. The molecule has 0 amide bonds. The van der Waals surface area contributed by atoms with E-state index < -0.39 is 19.7 Å². The van der Waals surface area contributed by atoms with Crippen LogP contribution >= 0.6 is 0 Å². The minimum Gasteiger partial charge on any atom is -0.204 e. The predicted molar refractivity (Wildman–Crippen MR) is 130 cm³/mol. The fourth-order valence-electron chi connectivity index (χ4n) is 6.54. The number of rotatable bonds is 7. The third-order valence-electron chi connectivity index (χ3n) is 8.49. The van der Waals surface area contributed by atoms with E-state index in [1.165, 1.54) is 75.2 Å². The molecule has 2 aliphatic rings. The minimum absolute atomic E-state index is 0.404. The highest BCUT2D eigenvalue weighted by atomic mass is 28.3. The summed E-state index contributed by atoms with van der Waals surface area (Å²) in [6.07, 6.45) is 11.7. The Bertz CT molecular complexity index is 818. The van der Waals surface area contributed by atoms with Gasteiger partial charge in [0.05, 0.1) is 8.07 Å². The maximum atomic E-state index is 13.7. The molecule has 31 heavy (non-hydrogen) atoms. The molecule has 2 aromatic rings. The van der Waals surface area contributed by atoms with Gasteiger partial charge in [0.25, 0.3) is 0 Å². The topological polar surface area (TPSA) is 0 Å². The second kappa shape index (κ2) is 10.4. The van der Waals surface area contributed by atoms with Crippen molar-refractivity contribution in [3.63, 3.8) is 0 Å². The van der Waals surface area contributed by atoms with E-state index in [1.807, 2.05) is 0 Å². The number of halogens is 2. The molecule has 4 rings (SSSR count). The normalized spacial score (nSPS) is 29.1. The summed E-state index contributed by atoms with van der Waals surface area (Å²) in [4.78, 5) is 0. The molecule has 2 aromatic carbocycles. The van der Waals surface area contributed by atoms with Crippen molar-refractivity contribution in [1.82, 2.24) is 0 Å². The summed E-state index contributed by atoms with van der Waals surface area (Å²) in [5.41, 5.74) is 0.993. The smallest absolute Gasteiger partial charge is 0.159 e. The van der Waals surface area contributed by atoms with E-state index in [0.717, 1.165) is 30.2 Å². The summed E-state index contributed by atoms with van der Waals surface area (Å²) in [7, 11) is -1.36. The molecule has 0 spiro atoms. The van der Waals surface area contributed by atoms with Crippen molar-refractivity contribution >= 4 is 13.3 Å². The maximum Gasteiger partial charge on any atom is 0.159 e. The van der Waals surface area contributed by atoms with Crippen LogP contribution in [0.1, 0.15) is 76.2 Å². The Hall–Kier alpha value is -1.48. The molecule has 0 aromatic heterocycles. The fraction of sp³-hybridized carbons (Fsp3) is 0.571. The molecule has 1 saturated carbocycles. The summed E-state index contributed by atoms with van der Waals surface area (Å²) in [5, 5.41) is 1.70. The molecule has 0 unspecified atom stereocenters. The Morgan fingerprint density at radius 2 is 1.45 bits per heavy atom. The monoisotopic (exact) mass is 440 g/mol. The largest absolute Gasteiger partial charge is 0.204 e. The van der Waals surface area contributed by atoms with E-state index in [2.05, 4.69) is 37.3 Å². The van der Waals surface area contributed by atoms with Crippen LogP contribution in [0.3, 0.4) is 0 Å². The SMILES string of the molecule is CCCCC[Si@]1(c2ccccc2)CC[C@H](C2CCC(c3ccc(F)c(F)c3)CC2)CC1. The molecule has 0 N–H and O–H groups in total. The Labute approximate surface area is 188 Å². The first-order valence-electron chi connectivity index (χ1n) is 12.6. The Balaban J connectivity index is 1.35. The van der Waals surface area contributed by atoms with E-state index in [-0.39, 0.29) is 0 Å². The van der Waals surface area contributed by atoms with Gasteiger partial charge in [-0.2, -0.15) is 0 Å². The maximum absolute atomic E-state index is 13.7. The van der Waals surface area contributed by atoms with Gasteiger partial charge in [0.2, 0.25) is 0 Å². The molecule has 0 radical (unpaired) electrons. The quantitative estimate of drug-likeness (QED) is 0.301. The molecule has 0 atom stereocenters. The molecule has 0 bridgehead atoms. The van der Waals surface area contributed by atoms with Gasteiger partial charge in [-0.1, -0.05) is 98.7 Å². The molecule has 0 nitrogen and oxygen atoms in total. The van der Waals surface area contributed by atoms with Crippen molar-refractivity contribution < 1.29 is 8.78 Å². The van der Waals surface area contributed by atoms with Crippen LogP contribution in [0.2, 0.25) is 18.1 Å². The average Bonchev–Trinajstić information content (AvgIpc) is 2.82. The molecule has 3 heteroatoms. The zero-order valence-corrected chi connectivity index (χ0v) is 20.1. The van der Waals surface area contributed by atoms with Crippen molar-refractivity contribution in [3.05, 3.63) is 65.7 Å². The lowest BCUT2D eigenvalue weighted by Gasteiger charge is -2.43. The number of hydrogen-bond donors (Lipinski definition) is 0. The van der Waals surface area contributed by atoms with E-state index in [4.69, 9.17) is 0 Å². The van der Waals surface area contributed by atoms with Crippen LogP contribution in [0.4, 0.5) is 8.78 Å². The lowest BCUT2D eigenvalue weighted by atomic mass is 9.72. The van der Waals surface area contributed by atoms with Crippen LogP contribution in [-0.4, -0.2) is 8.07 Å². The van der Waals surface area contributed by atoms with E-state index in [0.29, 0.717) is 5.92 Å². The summed E-state index contributed by atoms with van der Waals surface area (Å²) in [5.74, 6) is 0.685. The molecular formula is C28H38F2Si. The van der Waals surface area contributed by atoms with Crippen molar-refractivity contribution in [3.8, 4) is 0 Å². The lowest BCUT2D eigenvalue weighted by Crippen LogP contribution is -2.50. The van der Waals surface area contributed by atoms with Crippen LogP contribution in [-0.2, 0) is 0 Å². The second-order valence-corrected chi connectivity index (χ2v) is 14.9.